The van der Waals surface area contributed by atoms with E-state index in [1.54, 1.807) is 12.1 Å². The Labute approximate surface area is 94.5 Å². The van der Waals surface area contributed by atoms with Crippen LogP contribution in [0.3, 0.4) is 0 Å². The summed E-state index contributed by atoms with van der Waals surface area (Å²) in [5.74, 6) is -0.107. The van der Waals surface area contributed by atoms with Crippen LogP contribution in [-0.2, 0) is 0 Å². The number of hydrogen-bond donors (Lipinski definition) is 3. The van der Waals surface area contributed by atoms with E-state index in [0.717, 1.165) is 19.3 Å². The number of aliphatic hydroxyl groups excluding tert-OH is 1. The first kappa shape index (κ1) is 11.2. The summed E-state index contributed by atoms with van der Waals surface area (Å²) in [6.45, 7) is 0.613. The maximum absolute atomic E-state index is 13.4. The predicted molar refractivity (Wildman–Crippen MR) is 62.6 cm³/mol. The van der Waals surface area contributed by atoms with Gasteiger partial charge in [-0.05, 0) is 31.0 Å². The summed E-state index contributed by atoms with van der Waals surface area (Å²) >= 11 is 0. The highest BCUT2D eigenvalue weighted by atomic mass is 19.1. The van der Waals surface area contributed by atoms with E-state index < -0.39 is 0 Å². The van der Waals surface area contributed by atoms with Crippen LogP contribution in [-0.4, -0.2) is 17.8 Å². The second-order valence-corrected chi connectivity index (χ2v) is 4.38. The molecule has 1 saturated carbocycles. The van der Waals surface area contributed by atoms with Gasteiger partial charge in [-0.3, -0.25) is 0 Å². The molecule has 1 aromatic rings. The van der Waals surface area contributed by atoms with E-state index in [4.69, 9.17) is 5.73 Å². The minimum atomic E-state index is -0.340. The van der Waals surface area contributed by atoms with Crippen LogP contribution in [0, 0.1) is 11.7 Å². The molecule has 0 bridgehead atoms. The average Bonchev–Trinajstić information content (AvgIpc) is 2.63. The Morgan fingerprint density at radius 2 is 2.25 bits per heavy atom. The third-order valence-corrected chi connectivity index (χ3v) is 3.17. The van der Waals surface area contributed by atoms with Crippen molar-refractivity contribution in [1.82, 2.24) is 0 Å². The second-order valence-electron chi connectivity index (χ2n) is 4.38. The number of aliphatic hydroxyl groups is 1. The fourth-order valence-corrected chi connectivity index (χ4v) is 2.17. The first-order chi connectivity index (χ1) is 7.66. The summed E-state index contributed by atoms with van der Waals surface area (Å²) < 4.78 is 13.4. The van der Waals surface area contributed by atoms with E-state index in [1.165, 1.54) is 6.07 Å². The van der Waals surface area contributed by atoms with E-state index >= 15 is 0 Å². The molecule has 0 saturated heterocycles. The third-order valence-electron chi connectivity index (χ3n) is 3.17. The number of nitrogens with one attached hydrogen (secondary N) is 1. The maximum atomic E-state index is 13.4. The highest BCUT2D eigenvalue weighted by Gasteiger charge is 2.24. The molecule has 2 unspecified atom stereocenters. The van der Waals surface area contributed by atoms with Gasteiger partial charge in [-0.1, -0.05) is 6.42 Å². The molecule has 4 N–H and O–H groups in total. The van der Waals surface area contributed by atoms with Gasteiger partial charge in [-0.2, -0.15) is 0 Å². The number of nitrogen functional groups attached to an aromatic ring is 1. The molecule has 0 radical (unpaired) electrons. The average molecular weight is 224 g/mol. The molecule has 0 heterocycles. The summed E-state index contributed by atoms with van der Waals surface area (Å²) in [5.41, 5.74) is 6.33. The number of halogens is 1. The summed E-state index contributed by atoms with van der Waals surface area (Å²) in [7, 11) is 0. The molecule has 1 aliphatic carbocycles. The summed E-state index contributed by atoms with van der Waals surface area (Å²) in [6.07, 6.45) is 2.67. The SMILES string of the molecule is Nc1ccc(NCC2CCCC2O)c(F)c1. The molecule has 1 aromatic carbocycles. The molecular formula is C12H17FN2O. The van der Waals surface area contributed by atoms with Crippen molar-refractivity contribution in [2.75, 3.05) is 17.6 Å². The van der Waals surface area contributed by atoms with E-state index in [-0.39, 0.29) is 17.8 Å². The van der Waals surface area contributed by atoms with E-state index in [2.05, 4.69) is 5.32 Å². The molecule has 1 aliphatic rings. The molecule has 2 atom stereocenters. The molecule has 3 nitrogen and oxygen atoms in total. The quantitative estimate of drug-likeness (QED) is 0.688. The van der Waals surface area contributed by atoms with Crippen LogP contribution in [0.2, 0.25) is 0 Å². The zero-order valence-electron chi connectivity index (χ0n) is 9.12. The van der Waals surface area contributed by atoms with E-state index in [0.29, 0.717) is 17.9 Å². The lowest BCUT2D eigenvalue weighted by atomic mass is 10.1. The fraction of sp³-hybridized carbons (Fsp3) is 0.500. The summed E-state index contributed by atoms with van der Waals surface area (Å²) in [4.78, 5) is 0. The minimum absolute atomic E-state index is 0.233. The number of nitrogens with two attached hydrogens (primary N) is 1. The Bertz CT molecular complexity index is 370. The van der Waals surface area contributed by atoms with Crippen molar-refractivity contribution in [2.24, 2.45) is 5.92 Å². The van der Waals surface area contributed by atoms with Crippen molar-refractivity contribution in [3.63, 3.8) is 0 Å². The molecule has 0 aromatic heterocycles. The third kappa shape index (κ3) is 2.44. The van der Waals surface area contributed by atoms with Crippen LogP contribution >= 0.6 is 0 Å². The molecule has 0 aliphatic heterocycles. The van der Waals surface area contributed by atoms with Crippen LogP contribution in [0.25, 0.3) is 0 Å². The Morgan fingerprint density at radius 3 is 2.88 bits per heavy atom. The number of benzene rings is 1. The molecule has 88 valence electrons. The zero-order valence-corrected chi connectivity index (χ0v) is 9.12. The first-order valence-corrected chi connectivity index (χ1v) is 5.64. The number of rotatable bonds is 3. The molecule has 1 fully saturated rings. The molecule has 0 spiro atoms. The largest absolute Gasteiger partial charge is 0.399 e. The Morgan fingerprint density at radius 1 is 1.44 bits per heavy atom. The molecule has 2 rings (SSSR count). The Hall–Kier alpha value is -1.29. The number of anilines is 2. The van der Waals surface area contributed by atoms with Gasteiger partial charge >= 0.3 is 0 Å². The van der Waals surface area contributed by atoms with Crippen molar-refractivity contribution < 1.29 is 9.50 Å². The highest BCUT2D eigenvalue weighted by molar-refractivity contribution is 5.52. The van der Waals surface area contributed by atoms with Crippen LogP contribution < -0.4 is 11.1 Å². The fourth-order valence-electron chi connectivity index (χ4n) is 2.17. The molecule has 4 heteroatoms. The van der Waals surface area contributed by atoms with Gasteiger partial charge in [-0.15, -0.1) is 0 Å². The standard InChI is InChI=1S/C12H17FN2O/c13-10-6-9(14)4-5-11(10)15-7-8-2-1-3-12(8)16/h4-6,8,12,15-16H,1-3,7,14H2. The van der Waals surface area contributed by atoms with E-state index in [9.17, 15) is 9.50 Å². The lowest BCUT2D eigenvalue weighted by Crippen LogP contribution is -2.22. The zero-order chi connectivity index (χ0) is 11.5. The monoisotopic (exact) mass is 224 g/mol. The van der Waals surface area contributed by atoms with Crippen molar-refractivity contribution in [3.05, 3.63) is 24.0 Å². The van der Waals surface area contributed by atoms with Crippen molar-refractivity contribution in [2.45, 2.75) is 25.4 Å². The number of hydrogen-bond acceptors (Lipinski definition) is 3. The van der Waals surface area contributed by atoms with Crippen molar-refractivity contribution >= 4 is 11.4 Å². The van der Waals surface area contributed by atoms with Crippen LogP contribution in [0.4, 0.5) is 15.8 Å². The van der Waals surface area contributed by atoms with Gasteiger partial charge in [0.2, 0.25) is 0 Å². The van der Waals surface area contributed by atoms with Crippen molar-refractivity contribution in [1.29, 1.82) is 0 Å². The molecule has 16 heavy (non-hydrogen) atoms. The lowest BCUT2D eigenvalue weighted by Gasteiger charge is -2.16. The van der Waals surface area contributed by atoms with Gasteiger partial charge in [-0.25, -0.2) is 4.39 Å². The van der Waals surface area contributed by atoms with Gasteiger partial charge < -0.3 is 16.2 Å². The lowest BCUT2D eigenvalue weighted by molar-refractivity contribution is 0.138. The summed E-state index contributed by atoms with van der Waals surface area (Å²) in [5, 5.41) is 12.6. The van der Waals surface area contributed by atoms with Crippen molar-refractivity contribution in [3.8, 4) is 0 Å². The normalized spacial score (nSPS) is 24.6. The van der Waals surface area contributed by atoms with Gasteiger partial charge in [0.05, 0.1) is 11.8 Å². The van der Waals surface area contributed by atoms with Gasteiger partial charge in [0.15, 0.2) is 0 Å². The van der Waals surface area contributed by atoms with Gasteiger partial charge in [0, 0.05) is 18.2 Å². The molecule has 0 amide bonds. The maximum Gasteiger partial charge on any atom is 0.148 e. The molecular weight excluding hydrogens is 207 g/mol. The Balaban J connectivity index is 1.94. The first-order valence-electron chi connectivity index (χ1n) is 5.64. The predicted octanol–water partition coefficient (Wildman–Crippen LogP) is 1.98. The van der Waals surface area contributed by atoms with Crippen LogP contribution in [0.1, 0.15) is 19.3 Å². The van der Waals surface area contributed by atoms with E-state index in [1.807, 2.05) is 0 Å². The van der Waals surface area contributed by atoms with Crippen LogP contribution in [0.15, 0.2) is 18.2 Å². The second kappa shape index (κ2) is 4.70. The minimum Gasteiger partial charge on any atom is -0.399 e. The van der Waals surface area contributed by atoms with Gasteiger partial charge in [0.25, 0.3) is 0 Å². The topological polar surface area (TPSA) is 58.3 Å². The smallest absolute Gasteiger partial charge is 0.148 e. The van der Waals surface area contributed by atoms with Crippen LogP contribution in [0.5, 0.6) is 0 Å². The summed E-state index contributed by atoms with van der Waals surface area (Å²) in [6, 6.07) is 4.59. The Kier molecular flexibility index (Phi) is 3.29. The van der Waals surface area contributed by atoms with Gasteiger partial charge in [0.1, 0.15) is 5.82 Å². The highest BCUT2D eigenvalue weighted by Crippen LogP contribution is 2.26.